The van der Waals surface area contributed by atoms with Crippen LogP contribution >= 0.6 is 0 Å². The molecule has 2 fully saturated rings. The van der Waals surface area contributed by atoms with Crippen LogP contribution in [-0.4, -0.2) is 53.6 Å². The summed E-state index contributed by atoms with van der Waals surface area (Å²) in [5, 5.41) is 2.91. The summed E-state index contributed by atoms with van der Waals surface area (Å²) < 4.78 is 34.8. The molecule has 3 aromatic carbocycles. The summed E-state index contributed by atoms with van der Waals surface area (Å²) in [7, 11) is 0. The van der Waals surface area contributed by atoms with E-state index in [0.29, 0.717) is 42.7 Å². The maximum atomic E-state index is 15.7. The molecule has 0 spiro atoms. The number of ether oxygens (including phenoxy) is 1. The van der Waals surface area contributed by atoms with Gasteiger partial charge in [0.05, 0.1) is 12.1 Å². The number of halogens is 2. The van der Waals surface area contributed by atoms with Crippen LogP contribution in [0.4, 0.5) is 18.4 Å². The number of carbonyl (C=O) groups is 2. The molecule has 6 nitrogen and oxygen atoms in total. The van der Waals surface area contributed by atoms with E-state index >= 15 is 4.39 Å². The van der Waals surface area contributed by atoms with Crippen molar-refractivity contribution in [2.24, 2.45) is 0 Å². The van der Waals surface area contributed by atoms with E-state index in [1.165, 1.54) is 12.1 Å². The third-order valence-corrected chi connectivity index (χ3v) is 7.08. The van der Waals surface area contributed by atoms with Crippen LogP contribution in [0.15, 0.2) is 72.8 Å². The van der Waals surface area contributed by atoms with Crippen molar-refractivity contribution >= 4 is 12.1 Å². The highest BCUT2D eigenvalue weighted by molar-refractivity contribution is 5.76. The normalized spacial score (nSPS) is 18.9. The highest BCUT2D eigenvalue weighted by Gasteiger charge is 2.41. The lowest BCUT2D eigenvalue weighted by molar-refractivity contribution is 0.114. The number of urea groups is 1. The van der Waals surface area contributed by atoms with Crippen molar-refractivity contribution in [3.05, 3.63) is 95.6 Å². The van der Waals surface area contributed by atoms with Gasteiger partial charge in [-0.2, -0.15) is 0 Å². The molecule has 3 amide bonds. The van der Waals surface area contributed by atoms with E-state index in [-0.39, 0.29) is 19.1 Å². The third-order valence-electron chi connectivity index (χ3n) is 7.08. The maximum absolute atomic E-state index is 15.7. The van der Waals surface area contributed by atoms with Gasteiger partial charge in [-0.1, -0.05) is 60.7 Å². The third kappa shape index (κ3) is 5.58. The van der Waals surface area contributed by atoms with Gasteiger partial charge < -0.3 is 19.9 Å². The second-order valence-corrected chi connectivity index (χ2v) is 9.48. The van der Waals surface area contributed by atoms with Crippen molar-refractivity contribution in [3.8, 4) is 11.1 Å². The van der Waals surface area contributed by atoms with Gasteiger partial charge in [0.2, 0.25) is 0 Å². The zero-order valence-corrected chi connectivity index (χ0v) is 20.4. The maximum Gasteiger partial charge on any atom is 0.407 e. The molecule has 0 aromatic heterocycles. The molecular weight excluding hydrogens is 476 g/mol. The fourth-order valence-electron chi connectivity index (χ4n) is 4.96. The van der Waals surface area contributed by atoms with Crippen molar-refractivity contribution in [2.45, 2.75) is 38.0 Å². The number of likely N-dealkylation sites (tertiary alicyclic amines) is 2. The minimum atomic E-state index is -0.578. The zero-order valence-electron chi connectivity index (χ0n) is 20.4. The van der Waals surface area contributed by atoms with E-state index in [2.05, 4.69) is 5.32 Å². The molecule has 2 saturated heterocycles. The first-order chi connectivity index (χ1) is 18.0. The van der Waals surface area contributed by atoms with Crippen LogP contribution in [0, 0.1) is 11.6 Å². The van der Waals surface area contributed by atoms with Crippen LogP contribution in [0.5, 0.6) is 0 Å². The zero-order chi connectivity index (χ0) is 25.8. The van der Waals surface area contributed by atoms with Gasteiger partial charge in [-0.05, 0) is 48.1 Å². The molecule has 5 rings (SSSR count). The molecule has 0 aliphatic carbocycles. The summed E-state index contributed by atoms with van der Waals surface area (Å²) in [6.45, 7) is 1.98. The van der Waals surface area contributed by atoms with Gasteiger partial charge in [-0.15, -0.1) is 0 Å². The van der Waals surface area contributed by atoms with Crippen molar-refractivity contribution in [2.75, 3.05) is 19.6 Å². The van der Waals surface area contributed by atoms with E-state index in [9.17, 15) is 14.0 Å². The fourth-order valence-corrected chi connectivity index (χ4v) is 4.96. The Labute approximate surface area is 214 Å². The lowest BCUT2D eigenvalue weighted by Gasteiger charge is -2.37. The number of carbonyl (C=O) groups excluding carboxylic acids is 2. The average molecular weight is 506 g/mol. The standard InChI is InChI=1S/C29H29F2N3O3/c30-23-11-4-9-21(17-23)24-12-5-10-22(27(24)31)18-26-25(13-16-34(26)29(36)33-14-6-15-33)32-28(35)37-19-20-7-2-1-3-8-20/h1-5,7-12,17,25-26H,6,13-16,18-19H2,(H,32,35)/t25-,26-/m0/s1. The highest BCUT2D eigenvalue weighted by atomic mass is 19.1. The molecule has 2 heterocycles. The number of amides is 3. The van der Waals surface area contributed by atoms with Crippen LogP contribution in [0.2, 0.25) is 0 Å². The Hall–Kier alpha value is -3.94. The predicted octanol–water partition coefficient (Wildman–Crippen LogP) is 5.37. The van der Waals surface area contributed by atoms with Crippen LogP contribution in [-0.2, 0) is 17.8 Å². The summed E-state index contributed by atoms with van der Waals surface area (Å²) >= 11 is 0. The van der Waals surface area contributed by atoms with E-state index < -0.39 is 29.8 Å². The van der Waals surface area contributed by atoms with Gasteiger partial charge in [-0.3, -0.25) is 0 Å². The van der Waals surface area contributed by atoms with E-state index in [1.807, 2.05) is 30.3 Å². The van der Waals surface area contributed by atoms with E-state index in [1.54, 1.807) is 40.1 Å². The van der Waals surface area contributed by atoms with Gasteiger partial charge in [0.15, 0.2) is 0 Å². The SMILES string of the molecule is O=C(N[C@H]1CCN(C(=O)N2CCC2)[C@H]1Cc1cccc(-c2cccc(F)c2)c1F)OCc1ccccc1. The van der Waals surface area contributed by atoms with Crippen LogP contribution in [0.3, 0.4) is 0 Å². The quantitative estimate of drug-likeness (QED) is 0.490. The number of alkyl carbamates (subject to hydrolysis) is 1. The van der Waals surface area contributed by atoms with E-state index in [0.717, 1.165) is 12.0 Å². The largest absolute Gasteiger partial charge is 0.445 e. The summed E-state index contributed by atoms with van der Waals surface area (Å²) in [4.78, 5) is 29.3. The first-order valence-electron chi connectivity index (χ1n) is 12.6. The van der Waals surface area contributed by atoms with Gasteiger partial charge >= 0.3 is 12.1 Å². The first kappa shape index (κ1) is 24.7. The molecule has 0 radical (unpaired) electrons. The molecule has 192 valence electrons. The second-order valence-electron chi connectivity index (χ2n) is 9.48. The monoisotopic (exact) mass is 505 g/mol. The van der Waals surface area contributed by atoms with Crippen LogP contribution < -0.4 is 5.32 Å². The number of nitrogens with one attached hydrogen (secondary N) is 1. The molecule has 1 N–H and O–H groups in total. The smallest absolute Gasteiger partial charge is 0.407 e. The Bertz CT molecular complexity index is 1270. The van der Waals surface area contributed by atoms with Gasteiger partial charge in [-0.25, -0.2) is 18.4 Å². The predicted molar refractivity (Wildman–Crippen MR) is 136 cm³/mol. The number of hydrogen-bond acceptors (Lipinski definition) is 3. The molecule has 0 bridgehead atoms. The first-order valence-corrected chi connectivity index (χ1v) is 12.6. The van der Waals surface area contributed by atoms with Gasteiger partial charge in [0, 0.05) is 25.2 Å². The fraction of sp³-hybridized carbons (Fsp3) is 0.310. The average Bonchev–Trinajstić information content (AvgIpc) is 3.25. The molecule has 37 heavy (non-hydrogen) atoms. The highest BCUT2D eigenvalue weighted by Crippen LogP contribution is 2.30. The van der Waals surface area contributed by atoms with Gasteiger partial charge in [0.1, 0.15) is 18.2 Å². The minimum absolute atomic E-state index is 0.0973. The van der Waals surface area contributed by atoms with Crippen LogP contribution in [0.25, 0.3) is 11.1 Å². The van der Waals surface area contributed by atoms with Crippen molar-refractivity contribution < 1.29 is 23.1 Å². The molecule has 2 aliphatic heterocycles. The summed E-state index contributed by atoms with van der Waals surface area (Å²) in [6, 6.07) is 19.3. The topological polar surface area (TPSA) is 61.9 Å². The Morgan fingerprint density at radius 2 is 1.73 bits per heavy atom. The Morgan fingerprint density at radius 3 is 2.46 bits per heavy atom. The molecule has 0 unspecified atom stereocenters. The van der Waals surface area contributed by atoms with E-state index in [4.69, 9.17) is 4.74 Å². The molecule has 0 saturated carbocycles. The number of hydrogen-bond donors (Lipinski definition) is 1. The summed E-state index contributed by atoms with van der Waals surface area (Å²) in [6.07, 6.45) is 1.13. The minimum Gasteiger partial charge on any atom is -0.445 e. The summed E-state index contributed by atoms with van der Waals surface area (Å²) in [5.74, 6) is -0.899. The molecule has 3 aromatic rings. The van der Waals surface area contributed by atoms with Gasteiger partial charge in [0.25, 0.3) is 0 Å². The molecule has 8 heteroatoms. The molecular formula is C29H29F2N3O3. The lowest BCUT2D eigenvalue weighted by atomic mass is 9.95. The molecule has 2 atom stereocenters. The van der Waals surface area contributed by atoms with Crippen molar-refractivity contribution in [1.82, 2.24) is 15.1 Å². The number of rotatable bonds is 6. The Morgan fingerprint density at radius 1 is 0.946 bits per heavy atom. The lowest BCUT2D eigenvalue weighted by Crippen LogP contribution is -2.54. The Balaban J connectivity index is 1.35. The number of nitrogens with zero attached hydrogens (tertiary/aromatic N) is 2. The van der Waals surface area contributed by atoms with Crippen molar-refractivity contribution in [1.29, 1.82) is 0 Å². The summed E-state index contributed by atoms with van der Waals surface area (Å²) in [5.41, 5.74) is 2.01. The molecule has 2 aliphatic rings. The van der Waals surface area contributed by atoms with Crippen molar-refractivity contribution in [3.63, 3.8) is 0 Å². The Kier molecular flexibility index (Phi) is 7.35. The second kappa shape index (κ2) is 11.0. The number of benzene rings is 3. The van der Waals surface area contributed by atoms with Crippen LogP contribution in [0.1, 0.15) is 24.0 Å².